The number of fused-ring (bicyclic) bond motifs is 1. The molecule has 0 bridgehead atoms. The molecule has 1 aromatic heterocycles. The van der Waals surface area contributed by atoms with E-state index in [4.69, 9.17) is 28.2 Å². The van der Waals surface area contributed by atoms with Gasteiger partial charge in [0, 0.05) is 48.7 Å². The molecule has 1 spiro atoms. The van der Waals surface area contributed by atoms with E-state index in [2.05, 4.69) is 29.0 Å². The topological polar surface area (TPSA) is 81.1 Å². The van der Waals surface area contributed by atoms with E-state index in [1.54, 1.807) is 24.4 Å². The minimum atomic E-state index is -0.837. The number of aliphatic imine (C=N–C) groups is 1. The molecule has 1 aliphatic carbocycles. The molecule has 1 aromatic carbocycles. The summed E-state index contributed by atoms with van der Waals surface area (Å²) >= 11 is 13.8. The second-order valence-electron chi connectivity index (χ2n) is 13.5. The zero-order valence-electron chi connectivity index (χ0n) is 25.8. The molecule has 5 aliphatic rings. The number of carbonyl (C=O) groups excluding carboxylic acids is 2. The highest BCUT2D eigenvalue weighted by Crippen LogP contribution is 2.56. The normalized spacial score (nSPS) is 28.8. The van der Waals surface area contributed by atoms with Gasteiger partial charge in [0.15, 0.2) is 5.17 Å². The molecule has 1 saturated carbocycles. The molecule has 7 rings (SSSR count). The monoisotopic (exact) mass is 670 g/mol. The second kappa shape index (κ2) is 11.2. The third kappa shape index (κ3) is 5.16. The lowest BCUT2D eigenvalue weighted by molar-refractivity contribution is -0.144. The van der Waals surface area contributed by atoms with Gasteiger partial charge in [-0.05, 0) is 81.0 Å². The number of benzene rings is 1. The highest BCUT2D eigenvalue weighted by Gasteiger charge is 2.55. The van der Waals surface area contributed by atoms with Gasteiger partial charge in [-0.2, -0.15) is 0 Å². The number of allylic oxidation sites excluding steroid dienone is 1. The van der Waals surface area contributed by atoms with Crippen molar-refractivity contribution in [2.24, 2.45) is 10.9 Å². The molecule has 2 saturated heterocycles. The van der Waals surface area contributed by atoms with Gasteiger partial charge in [-0.15, -0.1) is 0 Å². The van der Waals surface area contributed by atoms with Gasteiger partial charge in [-0.1, -0.05) is 49.2 Å². The Kier molecular flexibility index (Phi) is 7.74. The Bertz CT molecular complexity index is 1630. The Labute approximate surface area is 277 Å². The molecule has 12 heteroatoms. The average molecular weight is 672 g/mol. The van der Waals surface area contributed by atoms with E-state index < -0.39 is 23.4 Å². The van der Waals surface area contributed by atoms with Crippen molar-refractivity contribution in [3.63, 3.8) is 0 Å². The lowest BCUT2D eigenvalue weighted by Gasteiger charge is -2.38. The highest BCUT2D eigenvalue weighted by molar-refractivity contribution is 8.18. The second-order valence-corrected chi connectivity index (χ2v) is 15.2. The minimum absolute atomic E-state index is 0.0175. The van der Waals surface area contributed by atoms with Crippen LogP contribution in [0, 0.1) is 11.7 Å². The maximum Gasteiger partial charge on any atom is 0.263 e. The molecular weight excluding hydrogens is 634 g/mol. The van der Waals surface area contributed by atoms with Gasteiger partial charge >= 0.3 is 0 Å². The van der Waals surface area contributed by atoms with Crippen LogP contribution in [-0.2, 0) is 15.1 Å². The van der Waals surface area contributed by atoms with Crippen LogP contribution in [0.15, 0.2) is 52.1 Å². The number of thioether (sulfide) groups is 1. The van der Waals surface area contributed by atoms with Crippen molar-refractivity contribution in [3.05, 3.63) is 74.3 Å². The van der Waals surface area contributed by atoms with Crippen LogP contribution in [0.3, 0.4) is 0 Å². The molecule has 2 amide bonds. The van der Waals surface area contributed by atoms with E-state index in [0.29, 0.717) is 34.7 Å². The van der Waals surface area contributed by atoms with Crippen LogP contribution in [-0.4, -0.2) is 73.9 Å². The highest BCUT2D eigenvalue weighted by atomic mass is 35.5. The van der Waals surface area contributed by atoms with Crippen LogP contribution in [0.1, 0.15) is 70.5 Å². The number of pyridine rings is 1. The third-order valence-corrected chi connectivity index (χ3v) is 11.6. The maximum atomic E-state index is 14.6. The third-order valence-electron chi connectivity index (χ3n) is 10.1. The summed E-state index contributed by atoms with van der Waals surface area (Å²) in [6, 6.07) is 7.38. The number of halogens is 3. The fourth-order valence-corrected chi connectivity index (χ4v) is 9.17. The van der Waals surface area contributed by atoms with E-state index in [1.165, 1.54) is 17.8 Å². The fraction of sp³-hybridized carbons (Fsp3) is 0.515. The summed E-state index contributed by atoms with van der Waals surface area (Å²) in [5.41, 5.74) is 1.66. The first-order chi connectivity index (χ1) is 21.4. The first-order valence-electron chi connectivity index (χ1n) is 15.7. The molecule has 1 N–H and O–H groups in total. The molecule has 238 valence electrons. The molecule has 45 heavy (non-hydrogen) atoms. The largest absolute Gasteiger partial charge is 0.338 e. The van der Waals surface area contributed by atoms with E-state index in [1.807, 2.05) is 29.7 Å². The van der Waals surface area contributed by atoms with E-state index in [9.17, 15) is 14.0 Å². The summed E-state index contributed by atoms with van der Waals surface area (Å²) in [5, 5.41) is 4.64. The first kappa shape index (κ1) is 31.0. The van der Waals surface area contributed by atoms with Crippen molar-refractivity contribution in [2.45, 2.75) is 82.6 Å². The lowest BCUT2D eigenvalue weighted by atomic mass is 9.81. The van der Waals surface area contributed by atoms with Crippen molar-refractivity contribution in [2.75, 3.05) is 19.6 Å². The van der Waals surface area contributed by atoms with Gasteiger partial charge in [0.25, 0.3) is 5.91 Å². The summed E-state index contributed by atoms with van der Waals surface area (Å²) in [6.45, 7) is 10.3. The van der Waals surface area contributed by atoms with Crippen molar-refractivity contribution in [1.29, 1.82) is 0 Å². The number of hydrogen-bond donors (Lipinski definition) is 1. The average Bonchev–Trinajstić information content (AvgIpc) is 3.33. The van der Waals surface area contributed by atoms with Crippen molar-refractivity contribution in [3.8, 4) is 0 Å². The number of rotatable bonds is 5. The zero-order valence-corrected chi connectivity index (χ0v) is 28.1. The SMILES string of the molecule is CC(C)C1=C(C(=O)N2[C@H](C)CC[C@H]2C(=O)N2CCNC3(CC3)C2)SC2=N[C@@](C)(c3ccc(Cl)nc3)[C@@H](c3ccc(F)c(Cl)c3)N21. The van der Waals surface area contributed by atoms with E-state index in [-0.39, 0.29) is 34.3 Å². The number of aromatic nitrogens is 1. The van der Waals surface area contributed by atoms with Crippen LogP contribution >= 0.6 is 35.0 Å². The van der Waals surface area contributed by atoms with Gasteiger partial charge in [-0.25, -0.2) is 14.4 Å². The molecule has 3 fully saturated rings. The summed E-state index contributed by atoms with van der Waals surface area (Å²) < 4.78 is 14.4. The summed E-state index contributed by atoms with van der Waals surface area (Å²) in [5.74, 6) is -0.638. The number of amides is 2. The minimum Gasteiger partial charge on any atom is -0.338 e. The van der Waals surface area contributed by atoms with Gasteiger partial charge in [-0.3, -0.25) is 9.59 Å². The van der Waals surface area contributed by atoms with Gasteiger partial charge in [0.2, 0.25) is 5.91 Å². The van der Waals surface area contributed by atoms with Crippen molar-refractivity contribution in [1.82, 2.24) is 25.0 Å². The molecule has 2 aromatic rings. The Hall–Kier alpha value is -2.66. The summed E-state index contributed by atoms with van der Waals surface area (Å²) in [4.78, 5) is 44.7. The number of nitrogens with zero attached hydrogens (tertiary/aromatic N) is 5. The quantitative estimate of drug-likeness (QED) is 0.387. The Morgan fingerprint density at radius 1 is 1.16 bits per heavy atom. The van der Waals surface area contributed by atoms with Crippen LogP contribution in [0.4, 0.5) is 4.39 Å². The van der Waals surface area contributed by atoms with E-state index >= 15 is 0 Å². The lowest BCUT2D eigenvalue weighted by Crippen LogP contribution is -2.58. The van der Waals surface area contributed by atoms with Crippen LogP contribution in [0.2, 0.25) is 10.2 Å². The standard InChI is InChI=1S/C33H37Cl2FN6O2S/c1-18(2)26-27(30(44)41-19(3)5-9-24(41)29(43)40-14-13-38-33(17-40)11-12-33)45-31-39-32(4,21-7-10-25(35)37-16-21)28(42(26)31)20-6-8-23(36)22(34)15-20/h6-8,10,15-16,18-19,24,28,38H,5,9,11-14,17H2,1-4H3/t19-,24+,28-,32+/m1/s1. The zero-order chi connectivity index (χ0) is 31.8. The predicted molar refractivity (Wildman–Crippen MR) is 175 cm³/mol. The molecule has 4 aliphatic heterocycles. The molecule has 4 atom stereocenters. The van der Waals surface area contributed by atoms with Crippen LogP contribution < -0.4 is 5.32 Å². The molecule has 8 nitrogen and oxygen atoms in total. The fourth-order valence-electron chi connectivity index (χ4n) is 7.52. The van der Waals surface area contributed by atoms with E-state index in [0.717, 1.165) is 42.6 Å². The summed E-state index contributed by atoms with van der Waals surface area (Å²) in [6.07, 6.45) is 5.32. The Morgan fingerprint density at radius 2 is 1.93 bits per heavy atom. The number of carbonyl (C=O) groups is 2. The van der Waals surface area contributed by atoms with Gasteiger partial charge in [0.05, 0.1) is 11.1 Å². The van der Waals surface area contributed by atoms with Crippen molar-refractivity contribution >= 4 is 51.9 Å². The molecule has 0 radical (unpaired) electrons. The molecule has 0 unspecified atom stereocenters. The van der Waals surface area contributed by atoms with Crippen LogP contribution in [0.5, 0.6) is 0 Å². The molecule has 5 heterocycles. The van der Waals surface area contributed by atoms with Crippen molar-refractivity contribution < 1.29 is 14.0 Å². The molecular formula is C33H37Cl2FN6O2S. The van der Waals surface area contributed by atoms with Gasteiger partial charge < -0.3 is 20.0 Å². The Morgan fingerprint density at radius 3 is 2.60 bits per heavy atom. The number of piperazine rings is 1. The number of likely N-dealkylation sites (tertiary alicyclic amines) is 1. The predicted octanol–water partition coefficient (Wildman–Crippen LogP) is 6.11. The Balaban J connectivity index is 1.27. The maximum absolute atomic E-state index is 14.6. The van der Waals surface area contributed by atoms with Gasteiger partial charge in [0.1, 0.15) is 27.5 Å². The van der Waals surface area contributed by atoms with Crippen LogP contribution in [0.25, 0.3) is 0 Å². The number of hydrogen-bond acceptors (Lipinski definition) is 7. The smallest absolute Gasteiger partial charge is 0.263 e. The number of amidine groups is 1. The summed E-state index contributed by atoms with van der Waals surface area (Å²) in [7, 11) is 0. The number of nitrogens with one attached hydrogen (secondary N) is 1. The first-order valence-corrected chi connectivity index (χ1v) is 17.2.